The Balaban J connectivity index is 1.21. The molecule has 3 aliphatic heterocycles. The largest absolute Gasteiger partial charge is 0.484 e. The molecule has 2 bridgehead atoms. The minimum absolute atomic E-state index is 0.300. The van der Waals surface area contributed by atoms with E-state index < -0.39 is 29.8 Å². The van der Waals surface area contributed by atoms with E-state index in [1.54, 1.807) is 11.6 Å². The lowest BCUT2D eigenvalue weighted by Gasteiger charge is -2.45. The quantitative estimate of drug-likeness (QED) is 0.538. The molecule has 3 aromatic rings. The van der Waals surface area contributed by atoms with Crippen LogP contribution in [-0.4, -0.2) is 67.4 Å². The molecule has 1 N–H and O–H groups in total. The number of amides is 1. The molecule has 0 spiro atoms. The average molecular weight is 496 g/mol. The van der Waals surface area contributed by atoms with E-state index >= 15 is 0 Å². The fraction of sp³-hybridized carbons (Fsp3) is 0.538. The standard InChI is InChI=1S/C26H30FN5O4/c1-3-23(33)24(34)31-15-26(12-25(31,13-26)14-27)32-10-22(29-30-32)16(2)36-18-4-5-21-20(8-18)19-6-7-35-11-17(19)9-28-21/h4-5,8-10,16,23,33H,3,6-7,11-15H2,1-2H3/t16-,23?,25?,26?/m1/s1. The van der Waals surface area contributed by atoms with Crippen LogP contribution in [0.5, 0.6) is 5.75 Å². The Hall–Kier alpha value is -3.11. The molecule has 7 rings (SSSR count). The van der Waals surface area contributed by atoms with Crippen molar-refractivity contribution in [3.63, 3.8) is 0 Å². The highest BCUT2D eigenvalue weighted by molar-refractivity contribution is 5.85. The van der Waals surface area contributed by atoms with Crippen molar-refractivity contribution in [2.24, 2.45) is 0 Å². The zero-order chi connectivity index (χ0) is 25.1. The second kappa shape index (κ2) is 8.48. The van der Waals surface area contributed by atoms with Gasteiger partial charge in [0.25, 0.3) is 5.91 Å². The number of aromatic nitrogens is 4. The molecule has 1 aliphatic carbocycles. The highest BCUT2D eigenvalue weighted by atomic mass is 19.1. The predicted octanol–water partition coefficient (Wildman–Crippen LogP) is 2.85. The van der Waals surface area contributed by atoms with Crippen molar-refractivity contribution in [1.29, 1.82) is 0 Å². The first-order chi connectivity index (χ1) is 17.4. The number of aliphatic hydroxyl groups excluding tert-OH is 1. The summed E-state index contributed by atoms with van der Waals surface area (Å²) in [4.78, 5) is 18.7. The number of alkyl halides is 1. The SMILES string of the molecule is CCC(O)C(=O)N1CC2(n3cc([C@@H](C)Oc4ccc5ncc6c(c5c4)CCOC6)nn3)CC1(CF)C2. The van der Waals surface area contributed by atoms with Crippen LogP contribution in [0.4, 0.5) is 4.39 Å². The van der Waals surface area contributed by atoms with Crippen molar-refractivity contribution in [2.75, 3.05) is 19.8 Å². The Morgan fingerprint density at radius 1 is 1.36 bits per heavy atom. The molecule has 1 amide bonds. The van der Waals surface area contributed by atoms with Crippen LogP contribution in [0.1, 0.15) is 56.0 Å². The predicted molar refractivity (Wildman–Crippen MR) is 128 cm³/mol. The molecule has 1 aromatic carbocycles. The third-order valence-corrected chi connectivity index (χ3v) is 8.05. The van der Waals surface area contributed by atoms with Crippen LogP contribution in [0, 0.1) is 0 Å². The van der Waals surface area contributed by atoms with Crippen LogP contribution in [0.2, 0.25) is 0 Å². The van der Waals surface area contributed by atoms with Crippen molar-refractivity contribution in [2.45, 2.75) is 69.4 Å². The number of benzene rings is 1. The molecule has 5 heterocycles. The molecular weight excluding hydrogens is 465 g/mol. The van der Waals surface area contributed by atoms with E-state index in [0.29, 0.717) is 44.7 Å². The molecule has 190 valence electrons. The summed E-state index contributed by atoms with van der Waals surface area (Å²) >= 11 is 0. The molecule has 3 fully saturated rings. The molecular formula is C26H30FN5O4. The Kier molecular flexibility index (Phi) is 5.49. The Morgan fingerprint density at radius 2 is 2.19 bits per heavy atom. The number of carbonyl (C=O) groups is 1. The number of aliphatic hydroxyl groups is 1. The first kappa shape index (κ1) is 23.3. The van der Waals surface area contributed by atoms with Crippen LogP contribution in [0.3, 0.4) is 0 Å². The summed E-state index contributed by atoms with van der Waals surface area (Å²) in [5.74, 6) is 0.307. The molecule has 4 aliphatic rings. The summed E-state index contributed by atoms with van der Waals surface area (Å²) in [5, 5.41) is 19.8. The minimum Gasteiger partial charge on any atom is -0.484 e. The monoisotopic (exact) mass is 495 g/mol. The van der Waals surface area contributed by atoms with Crippen molar-refractivity contribution in [3.05, 3.63) is 47.4 Å². The van der Waals surface area contributed by atoms with Gasteiger partial charge in [0.15, 0.2) is 0 Å². The van der Waals surface area contributed by atoms with Gasteiger partial charge in [0.1, 0.15) is 30.3 Å². The van der Waals surface area contributed by atoms with E-state index in [2.05, 4.69) is 15.3 Å². The van der Waals surface area contributed by atoms with E-state index in [0.717, 1.165) is 28.6 Å². The zero-order valence-electron chi connectivity index (χ0n) is 20.5. The maximum Gasteiger partial charge on any atom is 0.252 e. The van der Waals surface area contributed by atoms with Gasteiger partial charge in [0.2, 0.25) is 0 Å². The molecule has 2 aromatic heterocycles. The van der Waals surface area contributed by atoms with Gasteiger partial charge in [-0.05, 0) is 49.1 Å². The molecule has 1 saturated carbocycles. The number of ether oxygens (including phenoxy) is 2. The van der Waals surface area contributed by atoms with E-state index in [4.69, 9.17) is 9.47 Å². The summed E-state index contributed by atoms with van der Waals surface area (Å²) in [6.07, 6.45) is 4.31. The number of hydrogen-bond donors (Lipinski definition) is 1. The first-order valence-corrected chi connectivity index (χ1v) is 12.5. The number of hydrogen-bond acceptors (Lipinski definition) is 7. The summed E-state index contributed by atoms with van der Waals surface area (Å²) in [5.41, 5.74) is 2.59. The van der Waals surface area contributed by atoms with Gasteiger partial charge in [0.05, 0.1) is 36.0 Å². The molecule has 0 radical (unpaired) electrons. The Bertz CT molecular complexity index is 1320. The van der Waals surface area contributed by atoms with Gasteiger partial charge in [-0.15, -0.1) is 5.10 Å². The maximum atomic E-state index is 14.0. The maximum absolute atomic E-state index is 14.0. The number of rotatable bonds is 7. The zero-order valence-corrected chi connectivity index (χ0v) is 20.5. The van der Waals surface area contributed by atoms with Crippen molar-refractivity contribution >= 4 is 16.8 Å². The first-order valence-electron chi connectivity index (χ1n) is 12.5. The highest BCUT2D eigenvalue weighted by Gasteiger charge is 2.68. The van der Waals surface area contributed by atoms with E-state index in [1.165, 1.54) is 10.5 Å². The number of fused-ring (bicyclic) bond motifs is 4. The van der Waals surface area contributed by atoms with Crippen LogP contribution in [0.25, 0.3) is 10.9 Å². The third kappa shape index (κ3) is 3.49. The van der Waals surface area contributed by atoms with Gasteiger partial charge >= 0.3 is 0 Å². The summed E-state index contributed by atoms with van der Waals surface area (Å²) in [6, 6.07) is 5.89. The van der Waals surface area contributed by atoms with E-state index in [-0.39, 0.29) is 6.10 Å². The molecule has 10 heteroatoms. The lowest BCUT2D eigenvalue weighted by atomic mass is 9.68. The van der Waals surface area contributed by atoms with Crippen molar-refractivity contribution < 1.29 is 23.8 Å². The van der Waals surface area contributed by atoms with Gasteiger partial charge < -0.3 is 19.5 Å². The Labute approximate surface area is 208 Å². The van der Waals surface area contributed by atoms with Crippen molar-refractivity contribution in [1.82, 2.24) is 24.9 Å². The lowest BCUT2D eigenvalue weighted by Crippen LogP contribution is -2.57. The van der Waals surface area contributed by atoms with Crippen LogP contribution >= 0.6 is 0 Å². The topological polar surface area (TPSA) is 103 Å². The normalized spacial score (nSPS) is 26.4. The third-order valence-electron chi connectivity index (χ3n) is 8.05. The van der Waals surface area contributed by atoms with Crippen LogP contribution in [-0.2, 0) is 28.1 Å². The molecule has 1 unspecified atom stereocenters. The number of carbonyl (C=O) groups excluding carboxylic acids is 1. The average Bonchev–Trinajstić information content (AvgIpc) is 3.59. The van der Waals surface area contributed by atoms with E-state index in [9.17, 15) is 14.3 Å². The fourth-order valence-electron chi connectivity index (χ4n) is 6.08. The van der Waals surface area contributed by atoms with Crippen LogP contribution in [0.15, 0.2) is 30.6 Å². The Morgan fingerprint density at radius 3 is 2.97 bits per heavy atom. The van der Waals surface area contributed by atoms with Gasteiger partial charge in [-0.1, -0.05) is 12.1 Å². The number of nitrogens with zero attached hydrogens (tertiary/aromatic N) is 5. The summed E-state index contributed by atoms with van der Waals surface area (Å²) in [7, 11) is 0. The van der Waals surface area contributed by atoms with Crippen LogP contribution < -0.4 is 4.74 Å². The summed E-state index contributed by atoms with van der Waals surface area (Å²) in [6.45, 7) is 4.61. The second-order valence-corrected chi connectivity index (χ2v) is 10.4. The van der Waals surface area contributed by atoms with Gasteiger partial charge in [0, 0.05) is 31.0 Å². The molecule has 2 saturated heterocycles. The van der Waals surface area contributed by atoms with Gasteiger partial charge in [-0.25, -0.2) is 9.07 Å². The van der Waals surface area contributed by atoms with Gasteiger partial charge in [-0.3, -0.25) is 9.78 Å². The number of pyridine rings is 1. The van der Waals surface area contributed by atoms with Crippen molar-refractivity contribution in [3.8, 4) is 5.75 Å². The smallest absolute Gasteiger partial charge is 0.252 e. The fourth-order valence-corrected chi connectivity index (χ4v) is 6.08. The number of halogens is 1. The summed E-state index contributed by atoms with van der Waals surface area (Å²) < 4.78 is 27.6. The minimum atomic E-state index is -1.11. The van der Waals surface area contributed by atoms with E-state index in [1.807, 2.05) is 37.5 Å². The molecule has 2 atom stereocenters. The second-order valence-electron chi connectivity index (χ2n) is 10.4. The van der Waals surface area contributed by atoms with Gasteiger partial charge in [-0.2, -0.15) is 0 Å². The molecule has 36 heavy (non-hydrogen) atoms. The molecule has 9 nitrogen and oxygen atoms in total. The lowest BCUT2D eigenvalue weighted by molar-refractivity contribution is -0.145. The highest BCUT2D eigenvalue weighted by Crippen LogP contribution is 2.58.